The van der Waals surface area contributed by atoms with Gasteiger partial charge in [-0.15, -0.1) is 0 Å². The average Bonchev–Trinajstić information content (AvgIpc) is 2.99. The highest BCUT2D eigenvalue weighted by Gasteiger charge is 2.15. The summed E-state index contributed by atoms with van der Waals surface area (Å²) in [5.74, 6) is 0.795. The Morgan fingerprint density at radius 1 is 0.891 bits per heavy atom. The van der Waals surface area contributed by atoms with Gasteiger partial charge in [0, 0.05) is 43.2 Å². The van der Waals surface area contributed by atoms with Gasteiger partial charge in [-0.1, -0.05) is 5.11 Å². The maximum Gasteiger partial charge on any atom is 0.513 e. The number of azide groups is 1. The van der Waals surface area contributed by atoms with E-state index in [1.54, 1.807) is 20.8 Å². The van der Waals surface area contributed by atoms with E-state index >= 15 is 0 Å². The summed E-state index contributed by atoms with van der Waals surface area (Å²) in [7, 11) is 0. The summed E-state index contributed by atoms with van der Waals surface area (Å²) in [6.07, 6.45) is -0.936. The number of aromatic nitrogens is 3. The van der Waals surface area contributed by atoms with Gasteiger partial charge < -0.3 is 45.0 Å². The van der Waals surface area contributed by atoms with Crippen LogP contribution in [0.25, 0.3) is 10.4 Å². The molecule has 0 atom stereocenters. The zero-order valence-electron chi connectivity index (χ0n) is 25.9. The summed E-state index contributed by atoms with van der Waals surface area (Å²) >= 11 is 0. The number of benzene rings is 1. The molecule has 1 heterocycles. The van der Waals surface area contributed by atoms with Gasteiger partial charge in [0.25, 0.3) is 5.69 Å². The number of carbonyl (C=O) groups excluding carboxylic acids is 2. The number of hydrogen-bond donors (Lipinski definition) is 4. The molecule has 252 valence electrons. The lowest BCUT2D eigenvalue weighted by molar-refractivity contribution is -0.384. The lowest BCUT2D eigenvalue weighted by atomic mass is 10.2. The molecule has 0 unspecified atom stereocenters. The number of non-ortho nitro benzene ring substituents is 1. The van der Waals surface area contributed by atoms with Crippen molar-refractivity contribution in [3.05, 3.63) is 44.8 Å². The van der Waals surface area contributed by atoms with E-state index in [1.807, 2.05) is 0 Å². The molecule has 1 amide bonds. The largest absolute Gasteiger partial charge is 0.513 e. The number of amides is 1. The van der Waals surface area contributed by atoms with E-state index in [-0.39, 0.29) is 42.4 Å². The standard InChI is InChI=1S/C26H39N11O9/c1-26(2,3)46-24(38)31-12-15-43-18-17-42-14-11-29-22-33-21(28-9-4-10-32-36-27)34-23(35-22)30-13-16-44-25(39)45-20-7-5-19(6-8-20)37(40)41/h5-8H,4,9-18H2,1-3H3,(H,31,38)(H3,28,29,30,33,34,35). The lowest BCUT2D eigenvalue weighted by Gasteiger charge is -2.19. The van der Waals surface area contributed by atoms with Gasteiger partial charge in [0.05, 0.1) is 37.9 Å². The van der Waals surface area contributed by atoms with E-state index in [4.69, 9.17) is 29.2 Å². The van der Waals surface area contributed by atoms with Crippen molar-refractivity contribution in [1.82, 2.24) is 20.3 Å². The predicted molar refractivity (Wildman–Crippen MR) is 165 cm³/mol. The number of rotatable bonds is 21. The van der Waals surface area contributed by atoms with Crippen LogP contribution in [0.15, 0.2) is 29.4 Å². The number of ether oxygens (including phenoxy) is 5. The van der Waals surface area contributed by atoms with Crippen molar-refractivity contribution in [2.24, 2.45) is 5.11 Å². The highest BCUT2D eigenvalue weighted by atomic mass is 16.7. The molecule has 20 heteroatoms. The Labute approximate surface area is 264 Å². The highest BCUT2D eigenvalue weighted by molar-refractivity contribution is 5.67. The summed E-state index contributed by atoms with van der Waals surface area (Å²) in [5, 5.41) is 25.8. The molecular formula is C26H39N11O9. The first-order chi connectivity index (χ1) is 22.1. The molecule has 1 aromatic heterocycles. The first-order valence-electron chi connectivity index (χ1n) is 14.3. The third-order valence-electron chi connectivity index (χ3n) is 5.09. The van der Waals surface area contributed by atoms with Gasteiger partial charge in [-0.05, 0) is 44.9 Å². The van der Waals surface area contributed by atoms with Crippen molar-refractivity contribution < 1.29 is 38.2 Å². The maximum absolute atomic E-state index is 11.9. The molecule has 0 radical (unpaired) electrons. The van der Waals surface area contributed by atoms with Crippen LogP contribution >= 0.6 is 0 Å². The molecule has 2 rings (SSSR count). The zero-order valence-corrected chi connectivity index (χ0v) is 25.9. The topological polar surface area (TPSA) is 259 Å². The molecule has 0 saturated carbocycles. The summed E-state index contributed by atoms with van der Waals surface area (Å²) in [4.78, 5) is 49.3. The number of nitro groups is 1. The molecule has 0 aliphatic heterocycles. The van der Waals surface area contributed by atoms with Gasteiger partial charge in [0.2, 0.25) is 17.8 Å². The zero-order chi connectivity index (χ0) is 33.6. The predicted octanol–water partition coefficient (Wildman–Crippen LogP) is 3.49. The number of nitrogens with zero attached hydrogens (tertiary/aromatic N) is 7. The maximum atomic E-state index is 11.9. The van der Waals surface area contributed by atoms with Gasteiger partial charge in [0.1, 0.15) is 18.0 Å². The van der Waals surface area contributed by atoms with Crippen molar-refractivity contribution >= 4 is 35.8 Å². The van der Waals surface area contributed by atoms with Crippen molar-refractivity contribution in [1.29, 1.82) is 0 Å². The molecule has 2 aromatic rings. The number of nitro benzene ring substituents is 1. The van der Waals surface area contributed by atoms with Crippen LogP contribution in [0.3, 0.4) is 0 Å². The molecule has 0 aliphatic rings. The summed E-state index contributed by atoms with van der Waals surface area (Å²) in [5.41, 5.74) is 7.72. The van der Waals surface area contributed by atoms with Gasteiger partial charge in [-0.25, -0.2) is 9.59 Å². The Hall–Kier alpha value is -5.20. The molecular weight excluding hydrogens is 610 g/mol. The van der Waals surface area contributed by atoms with E-state index in [2.05, 4.69) is 46.2 Å². The third-order valence-corrected chi connectivity index (χ3v) is 5.09. The van der Waals surface area contributed by atoms with Crippen LogP contribution in [-0.4, -0.2) is 103 Å². The third kappa shape index (κ3) is 17.2. The Morgan fingerprint density at radius 3 is 2.02 bits per heavy atom. The van der Waals surface area contributed by atoms with Crippen molar-refractivity contribution in [3.63, 3.8) is 0 Å². The van der Waals surface area contributed by atoms with Crippen LogP contribution < -0.4 is 26.0 Å². The smallest absolute Gasteiger partial charge is 0.444 e. The normalized spacial score (nSPS) is 10.7. The monoisotopic (exact) mass is 649 g/mol. The number of nitrogens with one attached hydrogen (secondary N) is 4. The van der Waals surface area contributed by atoms with Crippen LogP contribution in [0, 0.1) is 10.1 Å². The molecule has 0 spiro atoms. The summed E-state index contributed by atoms with van der Waals surface area (Å²) in [6, 6.07) is 4.98. The average molecular weight is 650 g/mol. The van der Waals surface area contributed by atoms with Gasteiger partial charge in [-0.2, -0.15) is 15.0 Å². The molecule has 0 aliphatic carbocycles. The number of alkyl carbamates (subject to hydrolysis) is 1. The fraction of sp³-hybridized carbons (Fsp3) is 0.577. The quantitative estimate of drug-likeness (QED) is 0.0220. The van der Waals surface area contributed by atoms with Crippen LogP contribution in [0.5, 0.6) is 5.75 Å². The molecule has 4 N–H and O–H groups in total. The molecule has 20 nitrogen and oxygen atoms in total. The van der Waals surface area contributed by atoms with Crippen molar-refractivity contribution in [3.8, 4) is 5.75 Å². The molecule has 46 heavy (non-hydrogen) atoms. The van der Waals surface area contributed by atoms with E-state index in [9.17, 15) is 19.7 Å². The number of hydrogen-bond acceptors (Lipinski definition) is 16. The molecule has 0 bridgehead atoms. The minimum Gasteiger partial charge on any atom is -0.444 e. The molecule has 1 aromatic carbocycles. The van der Waals surface area contributed by atoms with Gasteiger partial charge >= 0.3 is 12.2 Å². The Balaban J connectivity index is 1.73. The number of anilines is 3. The van der Waals surface area contributed by atoms with Crippen molar-refractivity contribution in [2.45, 2.75) is 32.8 Å². The van der Waals surface area contributed by atoms with Crippen LogP contribution in [0.4, 0.5) is 33.1 Å². The first kappa shape index (κ1) is 37.0. The minimum absolute atomic E-state index is 0.0945. The second kappa shape index (κ2) is 20.7. The van der Waals surface area contributed by atoms with E-state index in [0.717, 1.165) is 0 Å². The minimum atomic E-state index is -0.987. The lowest BCUT2D eigenvalue weighted by Crippen LogP contribution is -2.34. The second-order valence-corrected chi connectivity index (χ2v) is 10.00. The van der Waals surface area contributed by atoms with Crippen LogP contribution in [0.2, 0.25) is 0 Å². The van der Waals surface area contributed by atoms with Gasteiger partial charge in [0.15, 0.2) is 0 Å². The van der Waals surface area contributed by atoms with Crippen molar-refractivity contribution in [2.75, 3.05) is 81.7 Å². The Kier molecular flexibility index (Phi) is 16.6. The van der Waals surface area contributed by atoms with E-state index in [0.29, 0.717) is 59.0 Å². The summed E-state index contributed by atoms with van der Waals surface area (Å²) < 4.78 is 26.1. The van der Waals surface area contributed by atoms with E-state index < -0.39 is 22.8 Å². The fourth-order valence-corrected chi connectivity index (χ4v) is 3.16. The molecule has 0 saturated heterocycles. The van der Waals surface area contributed by atoms with Crippen LogP contribution in [0.1, 0.15) is 27.2 Å². The first-order valence-corrected chi connectivity index (χ1v) is 14.3. The second-order valence-electron chi connectivity index (χ2n) is 10.00. The van der Waals surface area contributed by atoms with E-state index in [1.165, 1.54) is 24.3 Å². The Morgan fingerprint density at radius 2 is 1.46 bits per heavy atom. The van der Waals surface area contributed by atoms with Gasteiger partial charge in [-0.3, -0.25) is 10.1 Å². The highest BCUT2D eigenvalue weighted by Crippen LogP contribution is 2.17. The van der Waals surface area contributed by atoms with Crippen LogP contribution in [-0.2, 0) is 18.9 Å². The SMILES string of the molecule is CC(C)(C)OC(=O)NCCOCCOCCNc1nc(NCCCN=[N+]=[N-])nc(NCCOC(=O)Oc2ccc([N+](=O)[O-])cc2)n1. The number of carbonyl (C=O) groups is 2. The fourth-order valence-electron chi connectivity index (χ4n) is 3.16. The Bertz CT molecular complexity index is 1290. The summed E-state index contributed by atoms with van der Waals surface area (Å²) in [6.45, 7) is 8.13. The molecule has 0 fully saturated rings.